The fraction of sp³-hybridized carbons (Fsp3) is 0.296. The number of nitrogens with one attached hydrogen (secondary N) is 1. The molecule has 0 radical (unpaired) electrons. The van der Waals surface area contributed by atoms with Crippen molar-refractivity contribution in [3.63, 3.8) is 0 Å². The Bertz CT molecular complexity index is 2680. The van der Waals surface area contributed by atoms with Crippen molar-refractivity contribution in [2.75, 3.05) is 0 Å². The molecular formula is C54H59N5. The van der Waals surface area contributed by atoms with Crippen molar-refractivity contribution in [1.82, 2.24) is 9.13 Å². The Morgan fingerprint density at radius 2 is 0.780 bits per heavy atom. The van der Waals surface area contributed by atoms with Crippen molar-refractivity contribution in [3.8, 4) is 11.4 Å². The number of aryl methyl sites for hydroxylation is 4. The molecule has 6 aromatic carbocycles. The molecule has 0 atom stereocenters. The van der Waals surface area contributed by atoms with Crippen LogP contribution in [0.5, 0.6) is 0 Å². The van der Waals surface area contributed by atoms with Gasteiger partial charge in [-0.1, -0.05) is 102 Å². The van der Waals surface area contributed by atoms with E-state index in [9.17, 15) is 5.41 Å². The average molecular weight is 778 g/mol. The number of rotatable bonds is 16. The summed E-state index contributed by atoms with van der Waals surface area (Å²) in [5.74, 6) is 0.447. The van der Waals surface area contributed by atoms with Gasteiger partial charge in [-0.15, -0.1) is 0 Å². The van der Waals surface area contributed by atoms with E-state index in [0.29, 0.717) is 5.84 Å². The standard InChI is InChI=1S/C54H59N5/c1-5-9-17-37-25-29-49-43(33-37)44-34-38(18-10-6-2)26-30-50(44)58(49)47-23-15-13-21-41(47)53(55)57-54(56)42-22-14-16-24-48(42)59-51-31-27-39(19-11-7-3)35-45(51)46-36-40(20-12-8-4)28-32-52(46)59/h13-16,21-36H,5-12,17-20H2,1-4H3,(H3,55,56,57). The maximum absolute atomic E-state index is 9.57. The zero-order chi connectivity index (χ0) is 40.9. The van der Waals surface area contributed by atoms with Crippen LogP contribution in [0.3, 0.4) is 0 Å². The van der Waals surface area contributed by atoms with E-state index in [-0.39, 0.29) is 5.84 Å². The van der Waals surface area contributed by atoms with E-state index in [4.69, 9.17) is 10.7 Å². The van der Waals surface area contributed by atoms with Crippen LogP contribution in [0.4, 0.5) is 0 Å². The van der Waals surface area contributed by atoms with Gasteiger partial charge in [0.25, 0.3) is 0 Å². The molecule has 0 saturated carbocycles. The Balaban J connectivity index is 1.23. The van der Waals surface area contributed by atoms with Gasteiger partial charge in [0.2, 0.25) is 0 Å². The Kier molecular flexibility index (Phi) is 12.1. The summed E-state index contributed by atoms with van der Waals surface area (Å²) in [4.78, 5) is 4.92. The molecule has 8 aromatic rings. The third kappa shape index (κ3) is 7.96. The van der Waals surface area contributed by atoms with Gasteiger partial charge in [0, 0.05) is 32.7 Å². The highest BCUT2D eigenvalue weighted by atomic mass is 15.0. The number of para-hydroxylation sites is 2. The fourth-order valence-corrected chi connectivity index (χ4v) is 8.89. The molecule has 0 saturated heterocycles. The Labute approximate surface area is 350 Å². The van der Waals surface area contributed by atoms with Crippen LogP contribution < -0.4 is 5.73 Å². The van der Waals surface area contributed by atoms with Crippen LogP contribution >= 0.6 is 0 Å². The molecule has 2 aromatic heterocycles. The van der Waals surface area contributed by atoms with Crippen molar-refractivity contribution < 1.29 is 0 Å². The second-order valence-corrected chi connectivity index (χ2v) is 16.4. The molecule has 0 aliphatic heterocycles. The lowest BCUT2D eigenvalue weighted by Gasteiger charge is -2.15. The van der Waals surface area contributed by atoms with Gasteiger partial charge in [-0.05, 0) is 146 Å². The number of hydrogen-bond donors (Lipinski definition) is 2. The van der Waals surface area contributed by atoms with Gasteiger partial charge in [0.05, 0.1) is 33.4 Å². The molecule has 8 rings (SSSR count). The zero-order valence-electron chi connectivity index (χ0n) is 35.5. The summed E-state index contributed by atoms with van der Waals surface area (Å²) >= 11 is 0. The largest absolute Gasteiger partial charge is 0.383 e. The molecule has 0 unspecified atom stereocenters. The van der Waals surface area contributed by atoms with Crippen LogP contribution in [-0.2, 0) is 25.7 Å². The van der Waals surface area contributed by atoms with Crippen molar-refractivity contribution in [1.29, 1.82) is 5.41 Å². The number of nitrogens with zero attached hydrogens (tertiary/aromatic N) is 3. The molecule has 2 heterocycles. The summed E-state index contributed by atoms with van der Waals surface area (Å²) in [5.41, 5.74) is 20.5. The van der Waals surface area contributed by atoms with Gasteiger partial charge >= 0.3 is 0 Å². The Morgan fingerprint density at radius 3 is 1.14 bits per heavy atom. The molecule has 5 nitrogen and oxygen atoms in total. The van der Waals surface area contributed by atoms with E-state index >= 15 is 0 Å². The Hall–Kier alpha value is -5.94. The van der Waals surface area contributed by atoms with Crippen LogP contribution in [0, 0.1) is 5.41 Å². The minimum atomic E-state index is 0.130. The summed E-state index contributed by atoms with van der Waals surface area (Å²) in [6, 6.07) is 44.2. The maximum Gasteiger partial charge on any atom is 0.156 e. The first kappa shape index (κ1) is 39.9. The minimum absolute atomic E-state index is 0.130. The molecule has 0 aliphatic rings. The summed E-state index contributed by atoms with van der Waals surface area (Å²) in [7, 11) is 0. The number of amidine groups is 2. The number of hydrogen-bond acceptors (Lipinski definition) is 1. The number of aromatic nitrogens is 2. The highest BCUT2D eigenvalue weighted by Gasteiger charge is 2.20. The van der Waals surface area contributed by atoms with Gasteiger partial charge in [-0.25, -0.2) is 4.99 Å². The first-order valence-electron chi connectivity index (χ1n) is 22.2. The first-order valence-corrected chi connectivity index (χ1v) is 22.2. The Morgan fingerprint density at radius 1 is 0.458 bits per heavy atom. The van der Waals surface area contributed by atoms with E-state index in [2.05, 4.69) is 134 Å². The van der Waals surface area contributed by atoms with E-state index < -0.39 is 0 Å². The lowest BCUT2D eigenvalue weighted by molar-refractivity contribution is 0.795. The third-order valence-electron chi connectivity index (χ3n) is 12.1. The fourth-order valence-electron chi connectivity index (χ4n) is 8.89. The summed E-state index contributed by atoms with van der Waals surface area (Å²) in [6.07, 6.45) is 13.7. The third-order valence-corrected chi connectivity index (χ3v) is 12.1. The predicted molar refractivity (Wildman–Crippen MR) is 254 cm³/mol. The van der Waals surface area contributed by atoms with Crippen LogP contribution in [-0.4, -0.2) is 20.8 Å². The van der Waals surface area contributed by atoms with Crippen molar-refractivity contribution in [3.05, 3.63) is 155 Å². The number of benzene rings is 6. The van der Waals surface area contributed by atoms with Gasteiger partial charge < -0.3 is 14.9 Å². The normalized spacial score (nSPS) is 12.1. The number of aliphatic imine (C=N–C) groups is 1. The van der Waals surface area contributed by atoms with E-state index in [1.807, 2.05) is 24.3 Å². The molecule has 0 fully saturated rings. The molecule has 3 N–H and O–H groups in total. The van der Waals surface area contributed by atoms with E-state index in [1.54, 1.807) is 0 Å². The number of fused-ring (bicyclic) bond motifs is 6. The van der Waals surface area contributed by atoms with E-state index in [0.717, 1.165) is 70.3 Å². The molecular weight excluding hydrogens is 719 g/mol. The molecule has 59 heavy (non-hydrogen) atoms. The molecule has 0 spiro atoms. The van der Waals surface area contributed by atoms with Crippen LogP contribution in [0.1, 0.15) is 112 Å². The van der Waals surface area contributed by atoms with Crippen molar-refractivity contribution >= 4 is 55.3 Å². The van der Waals surface area contributed by atoms with Crippen molar-refractivity contribution in [2.45, 2.75) is 105 Å². The predicted octanol–water partition coefficient (Wildman–Crippen LogP) is 14.0. The number of unbranched alkanes of at least 4 members (excludes halogenated alkanes) is 4. The van der Waals surface area contributed by atoms with Gasteiger partial charge in [-0.2, -0.15) is 0 Å². The maximum atomic E-state index is 9.57. The summed E-state index contributed by atoms with van der Waals surface area (Å²) < 4.78 is 4.66. The van der Waals surface area contributed by atoms with Crippen molar-refractivity contribution in [2.24, 2.45) is 10.7 Å². The minimum Gasteiger partial charge on any atom is -0.383 e. The lowest BCUT2D eigenvalue weighted by Crippen LogP contribution is -2.19. The van der Waals surface area contributed by atoms with Crippen LogP contribution in [0.25, 0.3) is 55.0 Å². The zero-order valence-corrected chi connectivity index (χ0v) is 35.5. The monoisotopic (exact) mass is 777 g/mol. The SMILES string of the molecule is CCCCc1ccc2c(c1)c1cc(CCCC)ccc1n2-c1ccccc1C(=N)/N=C(\N)c1ccccc1-n1c2ccc(CCCC)cc2c2cc(CCCC)ccc21. The topological polar surface area (TPSA) is 72.1 Å². The van der Waals surface area contributed by atoms with Gasteiger partial charge in [0.15, 0.2) is 5.84 Å². The highest BCUT2D eigenvalue weighted by molar-refractivity contribution is 6.16. The highest BCUT2D eigenvalue weighted by Crippen LogP contribution is 2.37. The molecule has 0 amide bonds. The quantitative estimate of drug-likeness (QED) is 0.0744. The second kappa shape index (κ2) is 17.9. The number of nitrogens with two attached hydrogens (primary N) is 1. The van der Waals surface area contributed by atoms with Gasteiger partial charge in [-0.3, -0.25) is 5.41 Å². The molecule has 0 aliphatic carbocycles. The van der Waals surface area contributed by atoms with E-state index in [1.165, 1.54) is 95.2 Å². The van der Waals surface area contributed by atoms with Gasteiger partial charge in [0.1, 0.15) is 5.84 Å². The summed E-state index contributed by atoms with van der Waals surface area (Å²) in [6.45, 7) is 9.01. The average Bonchev–Trinajstić information content (AvgIpc) is 3.77. The summed E-state index contributed by atoms with van der Waals surface area (Å²) in [5, 5.41) is 14.6. The molecule has 300 valence electrons. The van der Waals surface area contributed by atoms with Crippen LogP contribution in [0.15, 0.2) is 126 Å². The molecule has 0 bridgehead atoms. The second-order valence-electron chi connectivity index (χ2n) is 16.4. The first-order chi connectivity index (χ1) is 28.9. The smallest absolute Gasteiger partial charge is 0.156 e. The van der Waals surface area contributed by atoms with Crippen LogP contribution in [0.2, 0.25) is 0 Å². The molecule has 5 heteroatoms. The lowest BCUT2D eigenvalue weighted by atomic mass is 10.0.